The first-order valence-electron chi connectivity index (χ1n) is 8.93. The molecule has 0 radical (unpaired) electrons. The summed E-state index contributed by atoms with van der Waals surface area (Å²) in [5.41, 5.74) is 0.587. The summed E-state index contributed by atoms with van der Waals surface area (Å²) < 4.78 is 3.40. The predicted octanol–water partition coefficient (Wildman–Crippen LogP) is -0.0841. The van der Waals surface area contributed by atoms with E-state index >= 15 is 0 Å². The predicted molar refractivity (Wildman–Crippen MR) is 95.8 cm³/mol. The van der Waals surface area contributed by atoms with Crippen molar-refractivity contribution in [3.63, 3.8) is 0 Å². The van der Waals surface area contributed by atoms with Gasteiger partial charge in [-0.25, -0.2) is 9.47 Å². The van der Waals surface area contributed by atoms with Crippen LogP contribution in [-0.2, 0) is 4.79 Å². The van der Waals surface area contributed by atoms with Crippen LogP contribution in [0.15, 0.2) is 33.8 Å². The molecular weight excluding hydrogens is 316 g/mol. The third-order valence-corrected chi connectivity index (χ3v) is 5.32. The molecule has 3 aliphatic rings. The molecule has 2 aliphatic heterocycles. The fourth-order valence-electron chi connectivity index (χ4n) is 3.95. The number of pyridine rings is 1. The molecule has 1 unspecified atom stereocenters. The molecule has 0 spiro atoms. The van der Waals surface area contributed by atoms with Crippen molar-refractivity contribution in [2.75, 3.05) is 19.1 Å². The summed E-state index contributed by atoms with van der Waals surface area (Å²) >= 11 is 0. The molecule has 4 rings (SSSR count). The van der Waals surface area contributed by atoms with Crippen LogP contribution in [0.25, 0.3) is 6.08 Å². The lowest BCUT2D eigenvalue weighted by atomic mass is 9.91. The monoisotopic (exact) mass is 339 g/mol. The standard InChI is InChI=1S/C19H23N4O2/c1-21(2)23-11-9-17-15(19(23)25)12-14-16(20-17)8-10-22(18(14)24)13-6-4-3-5-7-13/h8-14H,3-7H2,1-2H3/q+1. The van der Waals surface area contributed by atoms with E-state index < -0.39 is 5.92 Å². The van der Waals surface area contributed by atoms with Crippen LogP contribution in [0.3, 0.4) is 0 Å². The highest BCUT2D eigenvalue weighted by Gasteiger charge is 2.39. The maximum Gasteiger partial charge on any atom is 0.400 e. The largest absolute Gasteiger partial charge is 0.400 e. The Morgan fingerprint density at radius 3 is 2.68 bits per heavy atom. The Kier molecular flexibility index (Phi) is 3.90. The summed E-state index contributed by atoms with van der Waals surface area (Å²) in [7, 11) is 3.62. The quantitative estimate of drug-likeness (QED) is 0.708. The minimum atomic E-state index is -0.454. The van der Waals surface area contributed by atoms with Gasteiger partial charge >= 0.3 is 5.91 Å². The molecule has 1 fully saturated rings. The second kappa shape index (κ2) is 6.10. The van der Waals surface area contributed by atoms with Gasteiger partial charge in [-0.15, -0.1) is 0 Å². The van der Waals surface area contributed by atoms with Crippen molar-refractivity contribution < 1.29 is 9.37 Å². The van der Waals surface area contributed by atoms with Crippen molar-refractivity contribution in [1.29, 1.82) is 0 Å². The van der Waals surface area contributed by atoms with Gasteiger partial charge in [0.2, 0.25) is 0 Å². The van der Waals surface area contributed by atoms with Crippen LogP contribution in [0.2, 0.25) is 0 Å². The van der Waals surface area contributed by atoms with Crippen LogP contribution in [0.5, 0.6) is 0 Å². The Labute approximate surface area is 146 Å². The molecule has 1 amide bonds. The fraction of sp³-hybridized carbons (Fsp3) is 0.474. The number of carbonyl (C=O) groups excluding carboxylic acids is 1. The van der Waals surface area contributed by atoms with Gasteiger partial charge in [0.25, 0.3) is 5.56 Å². The Morgan fingerprint density at radius 1 is 1.20 bits per heavy atom. The van der Waals surface area contributed by atoms with E-state index in [-0.39, 0.29) is 17.5 Å². The summed E-state index contributed by atoms with van der Waals surface area (Å²) in [4.78, 5) is 30.3. The molecule has 1 aromatic heterocycles. The highest BCUT2D eigenvalue weighted by molar-refractivity contribution is 5.90. The second-order valence-electron chi connectivity index (χ2n) is 7.15. The van der Waals surface area contributed by atoms with Gasteiger partial charge in [-0.2, -0.15) is 4.58 Å². The van der Waals surface area contributed by atoms with E-state index in [9.17, 15) is 9.59 Å². The number of rotatable bonds is 2. The number of hydrogen-bond acceptors (Lipinski definition) is 4. The molecule has 3 heterocycles. The molecule has 0 saturated heterocycles. The fourth-order valence-corrected chi connectivity index (χ4v) is 3.95. The Bertz CT molecular complexity index is 962. The first kappa shape index (κ1) is 16.0. The molecule has 1 atom stereocenters. The first-order valence-corrected chi connectivity index (χ1v) is 8.93. The van der Waals surface area contributed by atoms with Crippen molar-refractivity contribution in [3.05, 3.63) is 45.0 Å². The van der Waals surface area contributed by atoms with E-state index in [1.54, 1.807) is 17.3 Å². The van der Waals surface area contributed by atoms with Gasteiger partial charge in [-0.3, -0.25) is 9.79 Å². The number of carbonyl (C=O) groups is 1. The van der Waals surface area contributed by atoms with Gasteiger partial charge in [-0.05, 0) is 25.0 Å². The highest BCUT2D eigenvalue weighted by Crippen LogP contribution is 2.26. The average Bonchev–Trinajstić information content (AvgIpc) is 2.62. The van der Waals surface area contributed by atoms with Crippen molar-refractivity contribution in [3.8, 4) is 0 Å². The highest BCUT2D eigenvalue weighted by atomic mass is 16.2. The second-order valence-corrected chi connectivity index (χ2v) is 7.15. The van der Waals surface area contributed by atoms with Crippen LogP contribution in [0.4, 0.5) is 0 Å². The average molecular weight is 339 g/mol. The molecule has 0 N–H and O–H groups in total. The van der Waals surface area contributed by atoms with Crippen LogP contribution in [0, 0.1) is 5.92 Å². The van der Waals surface area contributed by atoms with Gasteiger partial charge in [0.15, 0.2) is 12.3 Å². The lowest BCUT2D eigenvalue weighted by Gasteiger charge is -2.23. The third-order valence-electron chi connectivity index (χ3n) is 5.32. The molecule has 6 heteroatoms. The van der Waals surface area contributed by atoms with Gasteiger partial charge in [0.05, 0.1) is 16.3 Å². The van der Waals surface area contributed by atoms with Crippen molar-refractivity contribution >= 4 is 18.2 Å². The SMILES string of the molecule is CN(C)n1ccc2c(c1=O)=CC1C(=O)[N+](C3CCCCC3)=CC=C1N=2. The van der Waals surface area contributed by atoms with Gasteiger partial charge in [-0.1, -0.05) is 6.42 Å². The van der Waals surface area contributed by atoms with E-state index in [0.717, 1.165) is 18.5 Å². The number of fused-ring (bicyclic) bond motifs is 2. The zero-order valence-electron chi connectivity index (χ0n) is 14.7. The number of nitrogens with zero attached hydrogens (tertiary/aromatic N) is 4. The summed E-state index contributed by atoms with van der Waals surface area (Å²) in [6, 6.07) is 2.10. The Hall–Kier alpha value is -2.50. The van der Waals surface area contributed by atoms with Crippen LogP contribution >= 0.6 is 0 Å². The Morgan fingerprint density at radius 2 is 1.96 bits per heavy atom. The zero-order chi connectivity index (χ0) is 17.6. The molecule has 1 aliphatic carbocycles. The zero-order valence-corrected chi connectivity index (χ0v) is 14.7. The summed E-state index contributed by atoms with van der Waals surface area (Å²) in [6.45, 7) is 0. The summed E-state index contributed by atoms with van der Waals surface area (Å²) in [6.07, 6.45) is 13.0. The van der Waals surface area contributed by atoms with Crippen LogP contribution in [0.1, 0.15) is 32.1 Å². The van der Waals surface area contributed by atoms with E-state index in [4.69, 9.17) is 0 Å². The van der Waals surface area contributed by atoms with E-state index in [0.29, 0.717) is 10.6 Å². The topological polar surface area (TPSA) is 57.7 Å². The van der Waals surface area contributed by atoms with Crippen molar-refractivity contribution in [1.82, 2.24) is 4.68 Å². The maximum atomic E-state index is 13.0. The van der Waals surface area contributed by atoms with Gasteiger partial charge < -0.3 is 5.01 Å². The Balaban J connectivity index is 1.80. The lowest BCUT2D eigenvalue weighted by molar-refractivity contribution is -0.491. The van der Waals surface area contributed by atoms with Gasteiger partial charge in [0, 0.05) is 39.2 Å². The van der Waals surface area contributed by atoms with Crippen LogP contribution < -0.4 is 21.1 Å². The molecule has 0 bridgehead atoms. The molecule has 130 valence electrons. The van der Waals surface area contributed by atoms with Crippen LogP contribution in [-0.4, -0.2) is 41.5 Å². The lowest BCUT2D eigenvalue weighted by Crippen LogP contribution is -2.52. The summed E-state index contributed by atoms with van der Waals surface area (Å²) in [5.74, 6) is -0.413. The van der Waals surface area contributed by atoms with E-state index in [1.807, 2.05) is 37.0 Å². The minimum absolute atomic E-state index is 0.0402. The molecule has 25 heavy (non-hydrogen) atoms. The van der Waals surface area contributed by atoms with Crippen molar-refractivity contribution in [2.45, 2.75) is 38.1 Å². The number of allylic oxidation sites excluding steroid dienone is 1. The molecule has 6 nitrogen and oxygen atoms in total. The first-order chi connectivity index (χ1) is 12.1. The maximum absolute atomic E-state index is 13.0. The smallest absolute Gasteiger partial charge is 0.316 e. The van der Waals surface area contributed by atoms with E-state index in [1.165, 1.54) is 23.9 Å². The molecule has 1 aromatic rings. The summed E-state index contributed by atoms with van der Waals surface area (Å²) in [5, 5.41) is 2.86. The molecular formula is C19H23N4O2+. The molecule has 0 aromatic carbocycles. The molecule has 1 saturated carbocycles. The van der Waals surface area contributed by atoms with Gasteiger partial charge in [0.1, 0.15) is 5.92 Å². The number of hydrogen-bond donors (Lipinski definition) is 0. The number of aromatic nitrogens is 1. The third kappa shape index (κ3) is 2.65. The normalized spacial score (nSPS) is 22.8. The van der Waals surface area contributed by atoms with E-state index in [2.05, 4.69) is 4.99 Å². The number of amides is 1. The minimum Gasteiger partial charge on any atom is -0.316 e. The van der Waals surface area contributed by atoms with Crippen molar-refractivity contribution in [2.24, 2.45) is 10.9 Å².